The summed E-state index contributed by atoms with van der Waals surface area (Å²) in [5, 5.41) is 9.59. The average Bonchev–Trinajstić information content (AvgIpc) is 3.71. The van der Waals surface area contributed by atoms with Crippen LogP contribution in [-0.2, 0) is 4.79 Å². The fraction of sp³-hybridized carbons (Fsp3) is 0. The number of hydrogen-bond donors (Lipinski definition) is 1. The number of carboxylic acid groups (broad SMARTS) is 1. The van der Waals surface area contributed by atoms with E-state index in [-0.39, 0.29) is 19.0 Å². The minimum Gasteiger partial charge on any atom is -0.478 e. The molecule has 5 nitrogen and oxygen atoms in total. The summed E-state index contributed by atoms with van der Waals surface area (Å²) in [6.45, 7) is 0.611. The van der Waals surface area contributed by atoms with E-state index in [2.05, 4.69) is 95.9 Å². The van der Waals surface area contributed by atoms with Crippen molar-refractivity contribution in [1.29, 1.82) is 0 Å². The Kier molecular flexibility index (Phi) is 5.66. The van der Waals surface area contributed by atoms with Crippen LogP contribution in [0.25, 0.3) is 44.5 Å². The van der Waals surface area contributed by atoms with Crippen molar-refractivity contribution in [3.8, 4) is 50.3 Å². The molecule has 4 heterocycles. The first kappa shape index (κ1) is 28.3. The number of carbonyl (C=O) groups excluding carboxylic acids is 1. The largest absolute Gasteiger partial charge is 0.478 e. The highest BCUT2D eigenvalue weighted by molar-refractivity contribution is 7.05. The molecule has 0 amide bonds. The number of anilines is 3. The van der Waals surface area contributed by atoms with Crippen LogP contribution in [0.1, 0.15) is 10.4 Å². The molecule has 51 heavy (non-hydrogen) atoms. The van der Waals surface area contributed by atoms with Crippen molar-refractivity contribution >= 4 is 75.7 Å². The summed E-state index contributed by atoms with van der Waals surface area (Å²) < 4.78 is 5.11. The molecule has 0 spiro atoms. The first-order valence-corrected chi connectivity index (χ1v) is 17.1. The second-order valence-corrected chi connectivity index (χ2v) is 13.6. The predicted octanol–water partition coefficient (Wildman–Crippen LogP) is 5.34. The van der Waals surface area contributed by atoms with E-state index >= 15 is 0 Å². The first-order valence-electron chi connectivity index (χ1n) is 17.1. The fourth-order valence-corrected chi connectivity index (χ4v) is 9.40. The lowest BCUT2D eigenvalue weighted by molar-refractivity contribution is -0.120. The third kappa shape index (κ3) is 3.67. The van der Waals surface area contributed by atoms with Crippen molar-refractivity contribution in [2.75, 3.05) is 4.90 Å². The Morgan fingerprint density at radius 3 is 1.55 bits per heavy atom. The number of para-hydroxylation sites is 1. The number of ether oxygens (including phenoxy) is 1. The maximum absolute atomic E-state index is 11.7. The van der Waals surface area contributed by atoms with Gasteiger partial charge in [0.1, 0.15) is 5.75 Å². The van der Waals surface area contributed by atoms with Crippen molar-refractivity contribution in [2.45, 2.75) is 0 Å². The molecule has 1 N–H and O–H groups in total. The Labute approximate surface area is 294 Å². The molecule has 11 rings (SSSR count). The molecule has 0 aliphatic carbocycles. The van der Waals surface area contributed by atoms with Crippen LogP contribution in [0.3, 0.4) is 0 Å². The van der Waals surface area contributed by atoms with Gasteiger partial charge in [-0.1, -0.05) is 114 Å². The third-order valence-electron chi connectivity index (χ3n) is 11.3. The molecule has 0 fully saturated rings. The van der Waals surface area contributed by atoms with Gasteiger partial charge in [-0.25, -0.2) is 4.79 Å². The number of aromatic carboxylic acids is 1. The van der Waals surface area contributed by atoms with E-state index in [0.717, 1.165) is 22.3 Å². The molecular formula is C44H25B2NO4. The van der Waals surface area contributed by atoms with E-state index in [1.807, 2.05) is 36.4 Å². The van der Waals surface area contributed by atoms with Gasteiger partial charge < -0.3 is 14.7 Å². The zero-order valence-electron chi connectivity index (χ0n) is 27.1. The van der Waals surface area contributed by atoms with Gasteiger partial charge in [0.25, 0.3) is 6.47 Å². The molecule has 0 saturated heterocycles. The molecule has 0 radical (unpaired) electrons. The molecule has 4 aliphatic heterocycles. The summed E-state index contributed by atoms with van der Waals surface area (Å²) in [5.74, 6) is -0.413. The van der Waals surface area contributed by atoms with Crippen molar-refractivity contribution in [1.82, 2.24) is 0 Å². The molecule has 0 aromatic heterocycles. The van der Waals surface area contributed by atoms with Gasteiger partial charge in [-0.3, -0.25) is 4.79 Å². The highest BCUT2D eigenvalue weighted by atomic mass is 16.5. The predicted molar refractivity (Wildman–Crippen MR) is 206 cm³/mol. The van der Waals surface area contributed by atoms with Crippen LogP contribution in [0.2, 0.25) is 0 Å². The normalized spacial score (nSPS) is 13.2. The van der Waals surface area contributed by atoms with Crippen LogP contribution in [0.4, 0.5) is 17.1 Å². The van der Waals surface area contributed by atoms with Gasteiger partial charge in [-0.05, 0) is 103 Å². The Morgan fingerprint density at radius 1 is 0.549 bits per heavy atom. The molecule has 7 heteroatoms. The van der Waals surface area contributed by atoms with Crippen LogP contribution in [0.5, 0.6) is 5.75 Å². The Hall–Kier alpha value is -6.59. The Balaban J connectivity index is 1.19. The molecule has 7 aromatic carbocycles. The Bertz CT molecular complexity index is 2690. The van der Waals surface area contributed by atoms with Gasteiger partial charge >= 0.3 is 5.97 Å². The summed E-state index contributed by atoms with van der Waals surface area (Å²) in [7, 11) is 0. The average molecular weight is 653 g/mol. The van der Waals surface area contributed by atoms with Gasteiger partial charge in [0.15, 0.2) is 0 Å². The summed E-state index contributed by atoms with van der Waals surface area (Å²) in [5.41, 5.74) is 21.0. The van der Waals surface area contributed by atoms with Crippen molar-refractivity contribution < 1.29 is 19.4 Å². The minimum absolute atomic E-state index is 0.0692. The number of rotatable bonds is 5. The van der Waals surface area contributed by atoms with E-state index in [9.17, 15) is 14.7 Å². The zero-order valence-corrected chi connectivity index (χ0v) is 27.1. The summed E-state index contributed by atoms with van der Waals surface area (Å²) in [6, 6.07) is 48.4. The molecular weight excluding hydrogens is 628 g/mol. The molecule has 4 aliphatic rings. The quantitative estimate of drug-likeness (QED) is 0.201. The van der Waals surface area contributed by atoms with E-state index in [4.69, 9.17) is 4.74 Å². The molecule has 0 saturated carbocycles. The summed E-state index contributed by atoms with van der Waals surface area (Å²) >= 11 is 0. The molecule has 0 unspecified atom stereocenters. The van der Waals surface area contributed by atoms with Crippen LogP contribution >= 0.6 is 0 Å². The lowest BCUT2D eigenvalue weighted by Gasteiger charge is -2.43. The SMILES string of the molecule is O=COc1ccc(-c2ccc3c4c2-c2ccccc2B4c2cccc4c2N3c2ccc(-c3ccc(C(=O)O)cc3)c3c2B4c2ccccc2-3)cc1. The highest BCUT2D eigenvalue weighted by Crippen LogP contribution is 2.47. The minimum atomic E-state index is -0.928. The number of benzene rings is 7. The standard InChI is InChI=1S/C44H25B2NO4/c48-24-51-28-18-16-26(17-19-28)30-21-23-38-42-40(30)32-7-2-4-9-34(32)46(42)36-11-5-10-35-43(36)47(38)37-22-20-29(25-12-14-27(15-13-25)44(49)50)39-31-6-1-3-8-33(31)45(35)41(37)39/h1-24H,(H,49,50). The Morgan fingerprint density at radius 2 is 1.04 bits per heavy atom. The van der Waals surface area contributed by atoms with Crippen molar-refractivity contribution in [3.05, 3.63) is 145 Å². The number of nitrogens with zero attached hydrogens (tertiary/aromatic N) is 1. The second kappa shape index (κ2) is 10.2. The van der Waals surface area contributed by atoms with Gasteiger partial charge in [0, 0.05) is 17.1 Å². The lowest BCUT2D eigenvalue weighted by Crippen LogP contribution is -2.62. The van der Waals surface area contributed by atoms with E-state index in [1.54, 1.807) is 12.1 Å². The van der Waals surface area contributed by atoms with E-state index < -0.39 is 5.97 Å². The number of hydrogen-bond acceptors (Lipinski definition) is 4. The van der Waals surface area contributed by atoms with E-state index in [1.165, 1.54) is 72.1 Å². The summed E-state index contributed by atoms with van der Waals surface area (Å²) in [4.78, 5) is 25.2. The lowest BCUT2D eigenvalue weighted by atomic mass is 9.32. The zero-order chi connectivity index (χ0) is 34.0. The molecule has 236 valence electrons. The van der Waals surface area contributed by atoms with Crippen LogP contribution in [-0.4, -0.2) is 31.0 Å². The van der Waals surface area contributed by atoms with Gasteiger partial charge in [-0.2, -0.15) is 0 Å². The second-order valence-electron chi connectivity index (χ2n) is 13.6. The maximum atomic E-state index is 11.7. The smallest absolute Gasteiger partial charge is 0.335 e. The first-order chi connectivity index (χ1) is 25.1. The fourth-order valence-electron chi connectivity index (χ4n) is 9.40. The van der Waals surface area contributed by atoms with Crippen molar-refractivity contribution in [2.24, 2.45) is 0 Å². The third-order valence-corrected chi connectivity index (χ3v) is 11.3. The van der Waals surface area contributed by atoms with Gasteiger partial charge in [-0.15, -0.1) is 0 Å². The van der Waals surface area contributed by atoms with Gasteiger partial charge in [0.05, 0.1) is 5.56 Å². The van der Waals surface area contributed by atoms with Crippen LogP contribution < -0.4 is 42.4 Å². The number of carbonyl (C=O) groups is 2. The van der Waals surface area contributed by atoms with Crippen molar-refractivity contribution in [3.63, 3.8) is 0 Å². The highest BCUT2D eigenvalue weighted by Gasteiger charge is 2.50. The van der Waals surface area contributed by atoms with Crippen LogP contribution in [0.15, 0.2) is 140 Å². The van der Waals surface area contributed by atoms with Crippen LogP contribution in [0, 0.1) is 0 Å². The molecule has 7 aromatic rings. The topological polar surface area (TPSA) is 66.8 Å². The molecule has 0 bridgehead atoms. The molecule has 0 atom stereocenters. The summed E-state index contributed by atoms with van der Waals surface area (Å²) in [6.07, 6.45) is 0. The van der Waals surface area contributed by atoms with E-state index in [0.29, 0.717) is 12.2 Å². The number of carboxylic acids is 1. The monoisotopic (exact) mass is 653 g/mol. The number of fused-ring (bicyclic) bond motifs is 10. The maximum Gasteiger partial charge on any atom is 0.335 e. The van der Waals surface area contributed by atoms with Gasteiger partial charge in [0.2, 0.25) is 13.4 Å².